The standard InChI is InChI=1S/C24H36N4O/c1-18-10-12-20(13-11-18)28-22(25-19-8-6-5-7-9-19)21(24(2,3)23(28)29)27-16-14-26(4)15-17-27/h10-13,19,21H,5-9,14-17H2,1-4H3. The van der Waals surface area contributed by atoms with Gasteiger partial charge in [-0.05, 0) is 52.8 Å². The maximum atomic E-state index is 13.7. The Morgan fingerprint density at radius 3 is 2.21 bits per heavy atom. The normalized spacial score (nSPS) is 28.4. The van der Waals surface area contributed by atoms with E-state index in [1.54, 1.807) is 0 Å². The fourth-order valence-electron chi connectivity index (χ4n) is 5.12. The zero-order valence-corrected chi connectivity index (χ0v) is 18.5. The van der Waals surface area contributed by atoms with Crippen LogP contribution in [0.3, 0.4) is 0 Å². The Kier molecular flexibility index (Phi) is 5.80. The second-order valence-corrected chi connectivity index (χ2v) is 9.72. The summed E-state index contributed by atoms with van der Waals surface area (Å²) in [6.45, 7) is 10.4. The zero-order chi connectivity index (χ0) is 20.6. The fraction of sp³-hybridized carbons (Fsp3) is 0.667. The molecule has 1 aliphatic carbocycles. The molecule has 2 heterocycles. The van der Waals surface area contributed by atoms with E-state index in [-0.39, 0.29) is 11.9 Å². The minimum absolute atomic E-state index is 0.0481. The summed E-state index contributed by atoms with van der Waals surface area (Å²) < 4.78 is 0. The lowest BCUT2D eigenvalue weighted by atomic mass is 9.85. The number of piperazine rings is 1. The molecule has 0 aromatic heterocycles. The Hall–Kier alpha value is -1.72. The molecule has 1 saturated carbocycles. The van der Waals surface area contributed by atoms with Crippen LogP contribution in [0, 0.1) is 12.3 Å². The molecular formula is C24H36N4O. The molecule has 2 aliphatic heterocycles. The van der Waals surface area contributed by atoms with Gasteiger partial charge in [0.05, 0.1) is 23.2 Å². The van der Waals surface area contributed by atoms with E-state index in [4.69, 9.17) is 4.99 Å². The number of amidine groups is 1. The third-order valence-electron chi connectivity index (χ3n) is 7.00. The van der Waals surface area contributed by atoms with Gasteiger partial charge in [-0.25, -0.2) is 0 Å². The van der Waals surface area contributed by atoms with Crippen LogP contribution in [0.15, 0.2) is 29.3 Å². The quantitative estimate of drug-likeness (QED) is 0.782. The third kappa shape index (κ3) is 3.99. The number of rotatable bonds is 3. The van der Waals surface area contributed by atoms with Crippen LogP contribution in [0.25, 0.3) is 0 Å². The monoisotopic (exact) mass is 396 g/mol. The Balaban J connectivity index is 1.75. The average molecular weight is 397 g/mol. The molecule has 3 fully saturated rings. The summed E-state index contributed by atoms with van der Waals surface area (Å²) in [5.41, 5.74) is 1.69. The van der Waals surface area contributed by atoms with Gasteiger partial charge in [0.25, 0.3) is 0 Å². The number of hydrogen-bond acceptors (Lipinski definition) is 4. The van der Waals surface area contributed by atoms with Crippen molar-refractivity contribution >= 4 is 17.4 Å². The van der Waals surface area contributed by atoms with E-state index >= 15 is 0 Å². The molecule has 4 rings (SSSR count). The van der Waals surface area contributed by atoms with Crippen LogP contribution in [0.5, 0.6) is 0 Å². The number of hydrogen-bond donors (Lipinski definition) is 0. The molecule has 1 amide bonds. The smallest absolute Gasteiger partial charge is 0.240 e. The molecule has 0 N–H and O–H groups in total. The van der Waals surface area contributed by atoms with Crippen LogP contribution in [-0.2, 0) is 4.79 Å². The van der Waals surface area contributed by atoms with E-state index in [1.807, 2.05) is 4.90 Å². The molecule has 1 aromatic rings. The van der Waals surface area contributed by atoms with Gasteiger partial charge in [0.15, 0.2) is 0 Å². The molecule has 5 heteroatoms. The maximum Gasteiger partial charge on any atom is 0.240 e. The van der Waals surface area contributed by atoms with Crippen molar-refractivity contribution in [3.05, 3.63) is 29.8 Å². The number of anilines is 1. The SMILES string of the molecule is Cc1ccc(N2C(=O)C(C)(C)C(N3CCN(C)CC3)C2=NC2CCCCC2)cc1. The van der Waals surface area contributed by atoms with Crippen molar-refractivity contribution in [1.29, 1.82) is 0 Å². The molecule has 5 nitrogen and oxygen atoms in total. The molecule has 0 bridgehead atoms. The first-order valence-electron chi connectivity index (χ1n) is 11.3. The maximum absolute atomic E-state index is 13.7. The predicted molar refractivity (Wildman–Crippen MR) is 120 cm³/mol. The van der Waals surface area contributed by atoms with Gasteiger partial charge in [-0.2, -0.15) is 0 Å². The number of amides is 1. The fourth-order valence-corrected chi connectivity index (χ4v) is 5.12. The highest BCUT2D eigenvalue weighted by atomic mass is 16.2. The molecule has 0 spiro atoms. The molecule has 3 aliphatic rings. The van der Waals surface area contributed by atoms with Gasteiger partial charge in [-0.1, -0.05) is 37.0 Å². The first-order valence-corrected chi connectivity index (χ1v) is 11.3. The van der Waals surface area contributed by atoms with Crippen LogP contribution < -0.4 is 4.90 Å². The van der Waals surface area contributed by atoms with Gasteiger partial charge in [0.2, 0.25) is 5.91 Å². The number of carbonyl (C=O) groups is 1. The van der Waals surface area contributed by atoms with Crippen molar-refractivity contribution in [2.24, 2.45) is 10.4 Å². The minimum atomic E-state index is -0.478. The van der Waals surface area contributed by atoms with Crippen molar-refractivity contribution < 1.29 is 4.79 Å². The Bertz CT molecular complexity index is 756. The second-order valence-electron chi connectivity index (χ2n) is 9.72. The molecule has 1 atom stereocenters. The average Bonchev–Trinajstić information content (AvgIpc) is 2.90. The Morgan fingerprint density at radius 2 is 1.59 bits per heavy atom. The second kappa shape index (κ2) is 8.19. The van der Waals surface area contributed by atoms with Crippen LogP contribution in [0.4, 0.5) is 5.69 Å². The van der Waals surface area contributed by atoms with E-state index in [0.717, 1.165) is 50.5 Å². The van der Waals surface area contributed by atoms with E-state index < -0.39 is 5.41 Å². The minimum Gasteiger partial charge on any atom is -0.304 e. The number of carbonyl (C=O) groups excluding carboxylic acids is 1. The van der Waals surface area contributed by atoms with Gasteiger partial charge in [0, 0.05) is 26.2 Å². The van der Waals surface area contributed by atoms with Crippen LogP contribution in [0.1, 0.15) is 51.5 Å². The molecule has 2 saturated heterocycles. The zero-order valence-electron chi connectivity index (χ0n) is 18.5. The van der Waals surface area contributed by atoms with E-state index in [0.29, 0.717) is 6.04 Å². The Labute approximate surface area is 175 Å². The summed E-state index contributed by atoms with van der Waals surface area (Å²) in [5, 5.41) is 0. The van der Waals surface area contributed by atoms with Crippen LogP contribution >= 0.6 is 0 Å². The molecule has 0 radical (unpaired) electrons. The highest BCUT2D eigenvalue weighted by Gasteiger charge is 2.55. The Morgan fingerprint density at radius 1 is 0.966 bits per heavy atom. The van der Waals surface area contributed by atoms with Crippen molar-refractivity contribution in [2.45, 2.75) is 65.0 Å². The highest BCUT2D eigenvalue weighted by molar-refractivity contribution is 6.27. The number of aliphatic imine (C=N–C) groups is 1. The number of likely N-dealkylation sites (N-methyl/N-ethyl adjacent to an activating group) is 1. The van der Waals surface area contributed by atoms with Crippen molar-refractivity contribution in [3.63, 3.8) is 0 Å². The van der Waals surface area contributed by atoms with Gasteiger partial charge >= 0.3 is 0 Å². The summed E-state index contributed by atoms with van der Waals surface area (Å²) in [7, 11) is 2.18. The van der Waals surface area contributed by atoms with Gasteiger partial charge in [-0.15, -0.1) is 0 Å². The molecule has 29 heavy (non-hydrogen) atoms. The van der Waals surface area contributed by atoms with Crippen LogP contribution in [0.2, 0.25) is 0 Å². The first kappa shape index (κ1) is 20.5. The van der Waals surface area contributed by atoms with Crippen molar-refractivity contribution in [1.82, 2.24) is 9.80 Å². The highest BCUT2D eigenvalue weighted by Crippen LogP contribution is 2.40. The van der Waals surface area contributed by atoms with E-state index in [1.165, 1.54) is 24.8 Å². The lowest BCUT2D eigenvalue weighted by Crippen LogP contribution is -2.55. The molecular weight excluding hydrogens is 360 g/mol. The van der Waals surface area contributed by atoms with Crippen molar-refractivity contribution in [3.8, 4) is 0 Å². The summed E-state index contributed by atoms with van der Waals surface area (Å²) in [4.78, 5) is 25.8. The van der Waals surface area contributed by atoms with Crippen LogP contribution in [-0.4, -0.2) is 66.9 Å². The topological polar surface area (TPSA) is 39.2 Å². The summed E-state index contributed by atoms with van der Waals surface area (Å²) >= 11 is 0. The van der Waals surface area contributed by atoms with Gasteiger partial charge in [0.1, 0.15) is 5.84 Å². The van der Waals surface area contributed by atoms with Gasteiger partial charge in [-0.3, -0.25) is 19.6 Å². The third-order valence-corrected chi connectivity index (χ3v) is 7.00. The summed E-state index contributed by atoms with van der Waals surface area (Å²) in [5.74, 6) is 1.17. The predicted octanol–water partition coefficient (Wildman–Crippen LogP) is 3.72. The summed E-state index contributed by atoms with van der Waals surface area (Å²) in [6.07, 6.45) is 6.12. The van der Waals surface area contributed by atoms with E-state index in [2.05, 4.69) is 61.9 Å². The molecule has 158 valence electrons. The largest absolute Gasteiger partial charge is 0.304 e. The molecule has 1 aromatic carbocycles. The van der Waals surface area contributed by atoms with E-state index in [9.17, 15) is 4.79 Å². The summed E-state index contributed by atoms with van der Waals surface area (Å²) in [6, 6.07) is 8.74. The first-order chi connectivity index (χ1) is 13.9. The van der Waals surface area contributed by atoms with Gasteiger partial charge < -0.3 is 4.90 Å². The number of benzene rings is 1. The lowest BCUT2D eigenvalue weighted by molar-refractivity contribution is -0.126. The number of aryl methyl sites for hydroxylation is 1. The number of nitrogens with zero attached hydrogens (tertiary/aromatic N) is 4. The molecule has 1 unspecified atom stereocenters. The lowest BCUT2D eigenvalue weighted by Gasteiger charge is -2.40. The van der Waals surface area contributed by atoms with Crippen molar-refractivity contribution in [2.75, 3.05) is 38.1 Å².